The minimum Gasteiger partial charge on any atom is -0.465 e. The van der Waals surface area contributed by atoms with Gasteiger partial charge in [0, 0.05) is 0 Å². The topological polar surface area (TPSA) is 94.8 Å². The van der Waals surface area contributed by atoms with Crippen molar-refractivity contribution in [3.8, 4) is 0 Å². The maximum atomic E-state index is 13.0. The summed E-state index contributed by atoms with van der Waals surface area (Å²) in [5.74, 6) is -1.46. The molecule has 0 aliphatic carbocycles. The van der Waals surface area contributed by atoms with E-state index in [1.165, 1.54) is 23.6 Å². The Balaban J connectivity index is 2.24. The highest BCUT2D eigenvalue weighted by Gasteiger charge is 2.22. The Kier molecular flexibility index (Phi) is 7.20. The molecular formula is C20H18Cl2N2O5S2. The first-order valence-electron chi connectivity index (χ1n) is 9.23. The summed E-state index contributed by atoms with van der Waals surface area (Å²) in [5.41, 5.74) is 0.384. The van der Waals surface area contributed by atoms with Crippen molar-refractivity contribution >= 4 is 66.5 Å². The number of amides is 1. The van der Waals surface area contributed by atoms with E-state index in [4.69, 9.17) is 27.9 Å². The van der Waals surface area contributed by atoms with E-state index in [9.17, 15) is 18.0 Å². The molecule has 3 aromatic rings. The van der Waals surface area contributed by atoms with Crippen LogP contribution in [-0.2, 0) is 25.9 Å². The van der Waals surface area contributed by atoms with Crippen molar-refractivity contribution in [3.05, 3.63) is 56.8 Å². The van der Waals surface area contributed by atoms with Crippen LogP contribution >= 0.6 is 34.5 Å². The molecule has 1 aromatic heterocycles. The Morgan fingerprint density at radius 1 is 1.10 bits per heavy atom. The number of thiazole rings is 1. The molecule has 0 aliphatic heterocycles. The fraction of sp³-hybridized carbons (Fsp3) is 0.250. The second-order valence-electron chi connectivity index (χ2n) is 6.30. The van der Waals surface area contributed by atoms with Gasteiger partial charge in [0.1, 0.15) is 6.54 Å². The molecule has 0 N–H and O–H groups in total. The number of benzene rings is 2. The van der Waals surface area contributed by atoms with Crippen molar-refractivity contribution in [1.82, 2.24) is 4.57 Å². The minimum atomic E-state index is -3.64. The Labute approximate surface area is 192 Å². The number of rotatable bonds is 6. The zero-order valence-electron chi connectivity index (χ0n) is 16.6. The van der Waals surface area contributed by atoms with E-state index in [1.54, 1.807) is 31.2 Å². The highest BCUT2D eigenvalue weighted by molar-refractivity contribution is 7.91. The number of nitrogens with zero attached hydrogens (tertiary/aromatic N) is 2. The number of ether oxygens (including phenoxy) is 1. The summed E-state index contributed by atoms with van der Waals surface area (Å²) in [5, 5.41) is 0.702. The summed E-state index contributed by atoms with van der Waals surface area (Å²) in [6.45, 7) is 3.12. The van der Waals surface area contributed by atoms with Gasteiger partial charge < -0.3 is 9.30 Å². The molecule has 0 spiro atoms. The second-order valence-corrected chi connectivity index (χ2v) is 10.3. The smallest absolute Gasteiger partial charge is 0.326 e. The number of fused-ring (bicyclic) bond motifs is 1. The molecule has 0 saturated heterocycles. The summed E-state index contributed by atoms with van der Waals surface area (Å²) in [4.78, 5) is 29.3. The maximum absolute atomic E-state index is 13.0. The minimum absolute atomic E-state index is 0.0540. The summed E-state index contributed by atoms with van der Waals surface area (Å²) >= 11 is 13.7. The molecule has 0 fully saturated rings. The zero-order chi connectivity index (χ0) is 22.8. The number of carbonyl (C=O) groups is 2. The Morgan fingerprint density at radius 3 is 2.45 bits per heavy atom. The van der Waals surface area contributed by atoms with Crippen molar-refractivity contribution in [2.75, 3.05) is 12.4 Å². The molecule has 0 unspecified atom stereocenters. The fourth-order valence-corrected chi connectivity index (χ4v) is 5.63. The van der Waals surface area contributed by atoms with Crippen LogP contribution in [0, 0.1) is 0 Å². The van der Waals surface area contributed by atoms with Crippen molar-refractivity contribution < 1.29 is 22.7 Å². The number of halogens is 2. The number of hydrogen-bond acceptors (Lipinski definition) is 6. The quantitative estimate of drug-likeness (QED) is 0.474. The SMILES string of the molecule is CCOC(=O)Cn1c(=NC(=O)c2ccccc2S(=O)(=O)CC)sc2c(Cl)ccc(Cl)c21. The van der Waals surface area contributed by atoms with Crippen LogP contribution in [0.25, 0.3) is 10.2 Å². The van der Waals surface area contributed by atoms with Gasteiger partial charge >= 0.3 is 5.97 Å². The number of hydrogen-bond donors (Lipinski definition) is 0. The van der Waals surface area contributed by atoms with Gasteiger partial charge in [-0.2, -0.15) is 4.99 Å². The van der Waals surface area contributed by atoms with Gasteiger partial charge in [-0.3, -0.25) is 9.59 Å². The highest BCUT2D eigenvalue weighted by atomic mass is 35.5. The predicted molar refractivity (Wildman–Crippen MR) is 121 cm³/mol. The lowest BCUT2D eigenvalue weighted by Crippen LogP contribution is -2.23. The molecule has 0 bridgehead atoms. The lowest BCUT2D eigenvalue weighted by Gasteiger charge is -2.07. The van der Waals surface area contributed by atoms with E-state index in [1.807, 2.05) is 0 Å². The van der Waals surface area contributed by atoms with Gasteiger partial charge in [-0.15, -0.1) is 0 Å². The van der Waals surface area contributed by atoms with E-state index in [-0.39, 0.29) is 34.2 Å². The summed E-state index contributed by atoms with van der Waals surface area (Å²) in [6, 6.07) is 9.05. The maximum Gasteiger partial charge on any atom is 0.326 e. The molecule has 0 atom stereocenters. The number of esters is 1. The van der Waals surface area contributed by atoms with Crippen LogP contribution in [0.15, 0.2) is 46.3 Å². The van der Waals surface area contributed by atoms with Crippen LogP contribution in [0.3, 0.4) is 0 Å². The Bertz CT molecular complexity index is 1340. The average Bonchev–Trinajstić information content (AvgIpc) is 3.10. The lowest BCUT2D eigenvalue weighted by atomic mass is 10.2. The van der Waals surface area contributed by atoms with Crippen LogP contribution in [-0.4, -0.2) is 37.2 Å². The van der Waals surface area contributed by atoms with Gasteiger partial charge in [0.25, 0.3) is 5.91 Å². The van der Waals surface area contributed by atoms with Gasteiger partial charge in [0.2, 0.25) is 0 Å². The molecule has 0 aliphatic rings. The standard InChI is InChI=1S/C20H18Cl2N2O5S2/c1-3-29-16(25)11-24-17-13(21)9-10-14(22)18(17)30-20(24)23-19(26)12-7-5-6-8-15(12)31(27,28)4-2/h5-10H,3-4,11H2,1-2H3. The number of sulfone groups is 1. The van der Waals surface area contributed by atoms with Gasteiger partial charge in [0.15, 0.2) is 14.6 Å². The van der Waals surface area contributed by atoms with E-state index in [0.717, 1.165) is 11.3 Å². The van der Waals surface area contributed by atoms with E-state index in [2.05, 4.69) is 4.99 Å². The zero-order valence-corrected chi connectivity index (χ0v) is 19.7. The predicted octanol–water partition coefficient (Wildman–Crippen LogP) is 4.11. The molecule has 2 aromatic carbocycles. The molecular weight excluding hydrogens is 483 g/mol. The van der Waals surface area contributed by atoms with Gasteiger partial charge in [-0.25, -0.2) is 8.42 Å². The van der Waals surface area contributed by atoms with Crippen molar-refractivity contribution in [2.45, 2.75) is 25.3 Å². The van der Waals surface area contributed by atoms with Crippen LogP contribution in [0.2, 0.25) is 10.0 Å². The van der Waals surface area contributed by atoms with Crippen LogP contribution < -0.4 is 4.80 Å². The van der Waals surface area contributed by atoms with E-state index >= 15 is 0 Å². The molecule has 7 nitrogen and oxygen atoms in total. The van der Waals surface area contributed by atoms with Gasteiger partial charge in [-0.1, -0.05) is 53.6 Å². The van der Waals surface area contributed by atoms with E-state index < -0.39 is 21.7 Å². The lowest BCUT2D eigenvalue weighted by molar-refractivity contribution is -0.143. The summed E-state index contributed by atoms with van der Waals surface area (Å²) in [6.07, 6.45) is 0. The van der Waals surface area contributed by atoms with E-state index in [0.29, 0.717) is 20.3 Å². The molecule has 3 rings (SSSR count). The normalized spacial score (nSPS) is 12.3. The number of aromatic nitrogens is 1. The average molecular weight is 501 g/mol. The first-order chi connectivity index (χ1) is 14.7. The first-order valence-corrected chi connectivity index (χ1v) is 12.5. The van der Waals surface area contributed by atoms with Gasteiger partial charge in [0.05, 0.1) is 43.1 Å². The third-order valence-electron chi connectivity index (χ3n) is 4.35. The summed E-state index contributed by atoms with van der Waals surface area (Å²) in [7, 11) is -3.64. The van der Waals surface area contributed by atoms with Crippen LogP contribution in [0.1, 0.15) is 24.2 Å². The monoisotopic (exact) mass is 500 g/mol. The molecule has 0 saturated carbocycles. The molecule has 164 valence electrons. The Morgan fingerprint density at radius 2 is 1.77 bits per heavy atom. The third kappa shape index (κ3) is 4.85. The molecule has 31 heavy (non-hydrogen) atoms. The molecule has 1 amide bonds. The largest absolute Gasteiger partial charge is 0.465 e. The van der Waals surface area contributed by atoms with Gasteiger partial charge in [-0.05, 0) is 31.2 Å². The third-order valence-corrected chi connectivity index (χ3v) is 7.98. The van der Waals surface area contributed by atoms with Crippen molar-refractivity contribution in [2.24, 2.45) is 4.99 Å². The van der Waals surface area contributed by atoms with Crippen LogP contribution in [0.5, 0.6) is 0 Å². The number of carbonyl (C=O) groups excluding carboxylic acids is 2. The molecule has 0 radical (unpaired) electrons. The second kappa shape index (κ2) is 9.52. The molecule has 11 heteroatoms. The Hall–Kier alpha value is -2.20. The van der Waals surface area contributed by atoms with Crippen LogP contribution in [0.4, 0.5) is 0 Å². The first kappa shape index (κ1) is 23.5. The molecule has 1 heterocycles. The van der Waals surface area contributed by atoms with Crippen molar-refractivity contribution in [1.29, 1.82) is 0 Å². The summed E-state index contributed by atoms with van der Waals surface area (Å²) < 4.78 is 31.8. The fourth-order valence-electron chi connectivity index (χ4n) is 2.90. The van der Waals surface area contributed by atoms with Crippen molar-refractivity contribution in [3.63, 3.8) is 0 Å². The highest BCUT2D eigenvalue weighted by Crippen LogP contribution is 2.32.